The maximum atomic E-state index is 4.60. The molecule has 0 aromatic carbocycles. The van der Waals surface area contributed by atoms with Gasteiger partial charge in [0.25, 0.3) is 0 Å². The number of aromatic nitrogens is 4. The van der Waals surface area contributed by atoms with Crippen LogP contribution in [0.2, 0.25) is 0 Å². The molecule has 7 heteroatoms. The quantitative estimate of drug-likeness (QED) is 0.787. The van der Waals surface area contributed by atoms with E-state index in [1.165, 1.54) is 12.8 Å². The van der Waals surface area contributed by atoms with Crippen molar-refractivity contribution in [2.24, 2.45) is 0 Å². The highest BCUT2D eigenvalue weighted by atomic mass is 15.3. The van der Waals surface area contributed by atoms with Crippen molar-refractivity contribution in [2.45, 2.75) is 44.3 Å². The summed E-state index contributed by atoms with van der Waals surface area (Å²) in [5.74, 6) is 2.05. The second-order valence-corrected chi connectivity index (χ2v) is 7.49. The fourth-order valence-corrected chi connectivity index (χ4v) is 3.75. The van der Waals surface area contributed by atoms with Crippen LogP contribution >= 0.6 is 0 Å². The van der Waals surface area contributed by atoms with Crippen LogP contribution in [0, 0.1) is 0 Å². The van der Waals surface area contributed by atoms with Gasteiger partial charge >= 0.3 is 0 Å². The lowest BCUT2D eigenvalue weighted by molar-refractivity contribution is 0.198. The SMILES string of the molecule is CN(C)c1cc(N(C2CC2)C2CCN(Cc3cccnn3)CC2)ncn1. The van der Waals surface area contributed by atoms with Gasteiger partial charge in [-0.05, 0) is 37.8 Å². The molecule has 1 saturated heterocycles. The molecular weight excluding hydrogens is 326 g/mol. The lowest BCUT2D eigenvalue weighted by Gasteiger charge is -2.39. The van der Waals surface area contributed by atoms with E-state index in [4.69, 9.17) is 0 Å². The number of likely N-dealkylation sites (tertiary alicyclic amines) is 1. The van der Waals surface area contributed by atoms with Crippen LogP contribution in [-0.2, 0) is 6.54 Å². The topological polar surface area (TPSA) is 61.3 Å². The van der Waals surface area contributed by atoms with E-state index < -0.39 is 0 Å². The summed E-state index contributed by atoms with van der Waals surface area (Å²) in [6.07, 6.45) is 8.31. The zero-order valence-corrected chi connectivity index (χ0v) is 15.6. The van der Waals surface area contributed by atoms with E-state index in [9.17, 15) is 0 Å². The number of hydrogen-bond donors (Lipinski definition) is 0. The van der Waals surface area contributed by atoms with Crippen molar-refractivity contribution in [3.63, 3.8) is 0 Å². The predicted octanol–water partition coefficient (Wildman–Crippen LogP) is 1.97. The first-order chi connectivity index (χ1) is 12.7. The average Bonchev–Trinajstić information content (AvgIpc) is 3.49. The van der Waals surface area contributed by atoms with Crippen molar-refractivity contribution in [1.82, 2.24) is 25.1 Å². The summed E-state index contributed by atoms with van der Waals surface area (Å²) in [6, 6.07) is 7.35. The molecule has 0 spiro atoms. The van der Waals surface area contributed by atoms with Crippen LogP contribution in [0.3, 0.4) is 0 Å². The molecule has 2 aliphatic rings. The first kappa shape index (κ1) is 17.1. The van der Waals surface area contributed by atoms with Crippen molar-refractivity contribution >= 4 is 11.6 Å². The smallest absolute Gasteiger partial charge is 0.134 e. The average molecular weight is 353 g/mol. The Morgan fingerprint density at radius 1 is 1.04 bits per heavy atom. The molecule has 3 heterocycles. The van der Waals surface area contributed by atoms with Gasteiger partial charge in [0, 0.05) is 58.1 Å². The summed E-state index contributed by atoms with van der Waals surface area (Å²) < 4.78 is 0. The molecule has 138 valence electrons. The number of nitrogens with zero attached hydrogens (tertiary/aromatic N) is 7. The predicted molar refractivity (Wildman–Crippen MR) is 102 cm³/mol. The van der Waals surface area contributed by atoms with Gasteiger partial charge in [-0.3, -0.25) is 4.90 Å². The summed E-state index contributed by atoms with van der Waals surface area (Å²) in [7, 11) is 4.05. The molecule has 0 N–H and O–H groups in total. The van der Waals surface area contributed by atoms with Crippen molar-refractivity contribution in [3.8, 4) is 0 Å². The van der Waals surface area contributed by atoms with Gasteiger partial charge in [-0.25, -0.2) is 9.97 Å². The molecule has 1 saturated carbocycles. The molecule has 0 amide bonds. The van der Waals surface area contributed by atoms with Gasteiger partial charge in [0.05, 0.1) is 5.69 Å². The number of hydrogen-bond acceptors (Lipinski definition) is 7. The van der Waals surface area contributed by atoms with Crippen molar-refractivity contribution in [1.29, 1.82) is 0 Å². The largest absolute Gasteiger partial charge is 0.363 e. The second kappa shape index (κ2) is 7.53. The third-order valence-corrected chi connectivity index (χ3v) is 5.26. The van der Waals surface area contributed by atoms with Gasteiger partial charge in [-0.2, -0.15) is 10.2 Å². The number of anilines is 2. The Hall–Kier alpha value is -2.28. The van der Waals surface area contributed by atoms with Crippen LogP contribution in [0.15, 0.2) is 30.7 Å². The van der Waals surface area contributed by atoms with Gasteiger partial charge in [-0.1, -0.05) is 0 Å². The van der Waals surface area contributed by atoms with E-state index >= 15 is 0 Å². The summed E-state index contributed by atoms with van der Waals surface area (Å²) in [6.45, 7) is 3.08. The van der Waals surface area contributed by atoms with Crippen LogP contribution in [0.25, 0.3) is 0 Å². The Morgan fingerprint density at radius 3 is 2.42 bits per heavy atom. The lowest BCUT2D eigenvalue weighted by atomic mass is 10.0. The Bertz CT molecular complexity index is 709. The Labute approximate surface area is 155 Å². The zero-order chi connectivity index (χ0) is 17.9. The van der Waals surface area contributed by atoms with E-state index in [2.05, 4.69) is 42.1 Å². The molecule has 7 nitrogen and oxygen atoms in total. The minimum absolute atomic E-state index is 0.561. The van der Waals surface area contributed by atoms with E-state index in [1.54, 1.807) is 12.5 Å². The number of piperidine rings is 1. The lowest BCUT2D eigenvalue weighted by Crippen LogP contribution is -2.46. The first-order valence-corrected chi connectivity index (χ1v) is 9.47. The van der Waals surface area contributed by atoms with Crippen LogP contribution < -0.4 is 9.80 Å². The monoisotopic (exact) mass is 353 g/mol. The van der Waals surface area contributed by atoms with Gasteiger partial charge < -0.3 is 9.80 Å². The molecule has 4 rings (SSSR count). The summed E-state index contributed by atoms with van der Waals surface area (Å²) >= 11 is 0. The molecule has 0 radical (unpaired) electrons. The highest BCUT2D eigenvalue weighted by Crippen LogP contribution is 2.36. The fraction of sp³-hybridized carbons (Fsp3) is 0.579. The van der Waals surface area contributed by atoms with Crippen LogP contribution in [0.1, 0.15) is 31.4 Å². The third-order valence-electron chi connectivity index (χ3n) is 5.26. The van der Waals surface area contributed by atoms with E-state index in [0.717, 1.165) is 49.8 Å². The molecule has 0 bridgehead atoms. The fourth-order valence-electron chi connectivity index (χ4n) is 3.75. The minimum atomic E-state index is 0.561. The molecule has 1 aliphatic heterocycles. The van der Waals surface area contributed by atoms with Crippen LogP contribution in [0.4, 0.5) is 11.6 Å². The minimum Gasteiger partial charge on any atom is -0.363 e. The van der Waals surface area contributed by atoms with Crippen molar-refractivity contribution in [3.05, 3.63) is 36.4 Å². The number of rotatable bonds is 6. The van der Waals surface area contributed by atoms with E-state index in [1.807, 2.05) is 25.1 Å². The molecule has 0 atom stereocenters. The van der Waals surface area contributed by atoms with Crippen molar-refractivity contribution in [2.75, 3.05) is 37.0 Å². The maximum absolute atomic E-state index is 4.60. The summed E-state index contributed by atoms with van der Waals surface area (Å²) in [5.41, 5.74) is 1.05. The second-order valence-electron chi connectivity index (χ2n) is 7.49. The molecule has 1 aliphatic carbocycles. The Balaban J connectivity index is 1.42. The highest BCUT2D eigenvalue weighted by molar-refractivity contribution is 5.51. The first-order valence-electron chi connectivity index (χ1n) is 9.47. The van der Waals surface area contributed by atoms with Crippen LogP contribution in [-0.4, -0.2) is 64.3 Å². The van der Waals surface area contributed by atoms with Gasteiger partial charge in [0.1, 0.15) is 18.0 Å². The van der Waals surface area contributed by atoms with E-state index in [0.29, 0.717) is 12.1 Å². The molecule has 0 unspecified atom stereocenters. The third kappa shape index (κ3) is 3.93. The van der Waals surface area contributed by atoms with Gasteiger partial charge in [0.2, 0.25) is 0 Å². The summed E-state index contributed by atoms with van der Waals surface area (Å²) in [4.78, 5) is 16.1. The maximum Gasteiger partial charge on any atom is 0.134 e. The normalized spacial score (nSPS) is 18.7. The molecule has 2 aromatic rings. The zero-order valence-electron chi connectivity index (χ0n) is 15.6. The molecular formula is C19H27N7. The van der Waals surface area contributed by atoms with Crippen LogP contribution in [0.5, 0.6) is 0 Å². The molecule has 2 fully saturated rings. The van der Waals surface area contributed by atoms with Crippen molar-refractivity contribution < 1.29 is 0 Å². The standard InChI is InChI=1S/C19H27N7/c1-24(2)18-12-19(21-14-20-18)26(16-5-6-16)17-7-10-25(11-8-17)13-15-4-3-9-22-23-15/h3-4,9,12,14,16-17H,5-8,10-11,13H2,1-2H3. The highest BCUT2D eigenvalue weighted by Gasteiger charge is 2.36. The Morgan fingerprint density at radius 2 is 1.77 bits per heavy atom. The van der Waals surface area contributed by atoms with Gasteiger partial charge in [0.15, 0.2) is 0 Å². The molecule has 2 aromatic heterocycles. The van der Waals surface area contributed by atoms with Gasteiger partial charge in [-0.15, -0.1) is 0 Å². The molecule has 26 heavy (non-hydrogen) atoms. The Kier molecular flexibility index (Phi) is 4.97. The summed E-state index contributed by atoms with van der Waals surface area (Å²) in [5, 5.41) is 8.20. The van der Waals surface area contributed by atoms with E-state index in [-0.39, 0.29) is 0 Å².